The van der Waals surface area contributed by atoms with Crippen LogP contribution < -0.4 is 5.32 Å². The lowest BCUT2D eigenvalue weighted by Crippen LogP contribution is -2.12. The molecule has 0 radical (unpaired) electrons. The lowest BCUT2D eigenvalue weighted by Gasteiger charge is -2.01. The highest BCUT2D eigenvalue weighted by atomic mass is 32.1. The van der Waals surface area contributed by atoms with Gasteiger partial charge in [-0.1, -0.05) is 29.4 Å². The van der Waals surface area contributed by atoms with Gasteiger partial charge in [0, 0.05) is 11.8 Å². The number of thiophene rings is 1. The topological polar surface area (TPSA) is 73.0 Å². The van der Waals surface area contributed by atoms with E-state index in [9.17, 15) is 4.79 Å². The third-order valence-corrected chi connectivity index (χ3v) is 4.99. The Balaban J connectivity index is 1.75. The predicted molar refractivity (Wildman–Crippen MR) is 101 cm³/mol. The van der Waals surface area contributed by atoms with Crippen LogP contribution >= 0.6 is 11.3 Å². The van der Waals surface area contributed by atoms with Gasteiger partial charge in [0.15, 0.2) is 0 Å². The van der Waals surface area contributed by atoms with E-state index < -0.39 is 0 Å². The number of hydrogen-bond donors (Lipinski definition) is 1. The molecule has 0 aliphatic rings. The number of benzene rings is 1. The van der Waals surface area contributed by atoms with E-state index >= 15 is 0 Å². The van der Waals surface area contributed by atoms with Crippen LogP contribution in [0.25, 0.3) is 16.3 Å². The summed E-state index contributed by atoms with van der Waals surface area (Å²) in [6.07, 6.45) is 1.73. The minimum absolute atomic E-state index is 0.283. The number of aryl methyl sites for hydroxylation is 1. The lowest BCUT2D eigenvalue weighted by atomic mass is 10.2. The number of hydrogen-bond acceptors (Lipinski definition) is 5. The normalized spacial score (nSPS) is 10.8. The molecule has 0 bridgehead atoms. The largest absolute Gasteiger partial charge is 0.338 e. The van der Waals surface area contributed by atoms with Crippen molar-refractivity contribution in [3.05, 3.63) is 70.9 Å². The van der Waals surface area contributed by atoms with Gasteiger partial charge in [-0.2, -0.15) is 5.10 Å². The van der Waals surface area contributed by atoms with Gasteiger partial charge >= 0.3 is 0 Å². The minimum Gasteiger partial charge on any atom is -0.338 e. The average Bonchev–Trinajstić information content (AvgIpc) is 3.39. The van der Waals surface area contributed by atoms with Crippen molar-refractivity contribution in [1.82, 2.24) is 14.9 Å². The Bertz CT molecular complexity index is 1050. The monoisotopic (exact) mass is 364 g/mol. The van der Waals surface area contributed by atoms with Gasteiger partial charge in [-0.15, -0.1) is 11.3 Å². The molecule has 0 fully saturated rings. The Labute approximate surface area is 154 Å². The molecule has 0 aliphatic heterocycles. The summed E-state index contributed by atoms with van der Waals surface area (Å²) in [5, 5.41) is 13.3. The number of rotatable bonds is 4. The molecular weight excluding hydrogens is 348 g/mol. The molecule has 1 amide bonds. The smallest absolute Gasteiger partial charge is 0.261 e. The van der Waals surface area contributed by atoms with E-state index in [1.165, 1.54) is 11.3 Å². The van der Waals surface area contributed by atoms with Crippen LogP contribution in [0.1, 0.15) is 21.6 Å². The molecule has 7 heteroatoms. The van der Waals surface area contributed by atoms with Gasteiger partial charge in [-0.3, -0.25) is 10.1 Å². The predicted octanol–water partition coefficient (Wildman–Crippen LogP) is 4.46. The Morgan fingerprint density at radius 3 is 2.62 bits per heavy atom. The van der Waals surface area contributed by atoms with Gasteiger partial charge in [0.05, 0.1) is 21.8 Å². The fourth-order valence-electron chi connectivity index (χ4n) is 2.55. The van der Waals surface area contributed by atoms with Crippen LogP contribution in [-0.2, 0) is 0 Å². The van der Waals surface area contributed by atoms with Crippen LogP contribution in [0.5, 0.6) is 0 Å². The van der Waals surface area contributed by atoms with Gasteiger partial charge in [-0.25, -0.2) is 4.68 Å². The van der Waals surface area contributed by atoms with E-state index in [1.807, 2.05) is 61.7 Å². The number of anilines is 1. The Hall–Kier alpha value is -3.19. The highest BCUT2D eigenvalue weighted by Crippen LogP contribution is 2.29. The van der Waals surface area contributed by atoms with Gasteiger partial charge in [0.2, 0.25) is 5.88 Å². The van der Waals surface area contributed by atoms with Crippen molar-refractivity contribution >= 4 is 23.1 Å². The summed E-state index contributed by atoms with van der Waals surface area (Å²) < 4.78 is 6.91. The SMILES string of the molecule is Cc1noc(NC(=O)c2cn(-c3ccccc3)nc2-c2cccs2)c1C. The second kappa shape index (κ2) is 6.61. The number of aromatic nitrogens is 3. The second-order valence-electron chi connectivity index (χ2n) is 5.83. The molecule has 6 nitrogen and oxygen atoms in total. The maximum absolute atomic E-state index is 12.9. The summed E-state index contributed by atoms with van der Waals surface area (Å²) in [4.78, 5) is 13.8. The van der Waals surface area contributed by atoms with Gasteiger partial charge < -0.3 is 4.52 Å². The second-order valence-corrected chi connectivity index (χ2v) is 6.77. The minimum atomic E-state index is -0.283. The van der Waals surface area contributed by atoms with Crippen molar-refractivity contribution in [1.29, 1.82) is 0 Å². The summed E-state index contributed by atoms with van der Waals surface area (Å²) in [6.45, 7) is 3.69. The summed E-state index contributed by atoms with van der Waals surface area (Å²) in [5.74, 6) is 0.0759. The maximum Gasteiger partial charge on any atom is 0.261 e. The van der Waals surface area contributed by atoms with Gasteiger partial charge in [0.25, 0.3) is 5.91 Å². The third kappa shape index (κ3) is 2.93. The summed E-state index contributed by atoms with van der Waals surface area (Å²) in [6, 6.07) is 13.6. The highest BCUT2D eigenvalue weighted by Gasteiger charge is 2.21. The molecule has 1 N–H and O–H groups in total. The molecule has 0 aliphatic carbocycles. The van der Waals surface area contributed by atoms with Crippen molar-refractivity contribution in [3.8, 4) is 16.3 Å². The van der Waals surface area contributed by atoms with Gasteiger partial charge in [-0.05, 0) is 37.4 Å². The maximum atomic E-state index is 12.9. The van der Waals surface area contributed by atoms with Crippen LogP contribution in [0.15, 0.2) is 58.6 Å². The van der Waals surface area contributed by atoms with E-state index in [4.69, 9.17) is 4.52 Å². The van der Waals surface area contributed by atoms with Crippen molar-refractivity contribution in [3.63, 3.8) is 0 Å². The van der Waals surface area contributed by atoms with E-state index in [-0.39, 0.29) is 5.91 Å². The first-order valence-corrected chi connectivity index (χ1v) is 8.94. The van der Waals surface area contributed by atoms with Crippen molar-refractivity contribution < 1.29 is 9.32 Å². The summed E-state index contributed by atoms with van der Waals surface area (Å²) >= 11 is 1.54. The zero-order valence-electron chi connectivity index (χ0n) is 14.3. The van der Waals surface area contributed by atoms with Crippen LogP contribution in [0.3, 0.4) is 0 Å². The van der Waals surface area contributed by atoms with E-state index in [0.29, 0.717) is 17.1 Å². The summed E-state index contributed by atoms with van der Waals surface area (Å²) in [7, 11) is 0. The molecule has 3 heterocycles. The number of carbonyl (C=O) groups excluding carboxylic acids is 1. The molecule has 0 atom stereocenters. The fourth-order valence-corrected chi connectivity index (χ4v) is 3.27. The van der Waals surface area contributed by atoms with E-state index in [2.05, 4.69) is 15.6 Å². The van der Waals surface area contributed by atoms with Crippen LogP contribution in [0.2, 0.25) is 0 Å². The molecular formula is C19H16N4O2S. The molecule has 0 spiro atoms. The number of nitrogens with one attached hydrogen (secondary N) is 1. The Morgan fingerprint density at radius 1 is 1.15 bits per heavy atom. The molecule has 4 rings (SSSR count). The van der Waals surface area contributed by atoms with E-state index in [1.54, 1.807) is 10.9 Å². The standard InChI is InChI=1S/C19H16N4O2S/c1-12-13(2)22-25-19(12)20-18(24)15-11-23(14-7-4-3-5-8-14)21-17(15)16-9-6-10-26-16/h3-11H,1-2H3,(H,20,24). The molecule has 130 valence electrons. The first kappa shape index (κ1) is 16.3. The summed E-state index contributed by atoms with van der Waals surface area (Å²) in [5.41, 5.74) is 3.56. The van der Waals surface area contributed by atoms with Gasteiger partial charge in [0.1, 0.15) is 5.69 Å². The highest BCUT2D eigenvalue weighted by molar-refractivity contribution is 7.13. The van der Waals surface area contributed by atoms with E-state index in [0.717, 1.165) is 21.8 Å². The number of amides is 1. The molecule has 0 saturated heterocycles. The Morgan fingerprint density at radius 2 is 1.96 bits per heavy atom. The number of nitrogens with zero attached hydrogens (tertiary/aromatic N) is 3. The molecule has 4 aromatic rings. The molecule has 0 unspecified atom stereocenters. The first-order valence-electron chi connectivity index (χ1n) is 8.06. The Kier molecular flexibility index (Phi) is 4.14. The molecule has 3 aromatic heterocycles. The average molecular weight is 364 g/mol. The van der Waals surface area contributed by atoms with Crippen LogP contribution in [0, 0.1) is 13.8 Å². The number of para-hydroxylation sites is 1. The van der Waals surface area contributed by atoms with Crippen LogP contribution in [-0.4, -0.2) is 20.8 Å². The first-order chi connectivity index (χ1) is 12.6. The zero-order chi connectivity index (χ0) is 18.1. The van der Waals surface area contributed by atoms with Crippen molar-refractivity contribution in [2.24, 2.45) is 0 Å². The zero-order valence-corrected chi connectivity index (χ0v) is 15.1. The van der Waals surface area contributed by atoms with Crippen LogP contribution in [0.4, 0.5) is 5.88 Å². The third-order valence-electron chi connectivity index (χ3n) is 4.12. The van der Waals surface area contributed by atoms with Crippen molar-refractivity contribution in [2.45, 2.75) is 13.8 Å². The number of carbonyl (C=O) groups is 1. The van der Waals surface area contributed by atoms with Crippen molar-refractivity contribution in [2.75, 3.05) is 5.32 Å². The fraction of sp³-hybridized carbons (Fsp3) is 0.105. The molecule has 0 saturated carbocycles. The quantitative estimate of drug-likeness (QED) is 0.580. The molecule has 26 heavy (non-hydrogen) atoms. The molecule has 1 aromatic carbocycles. The lowest BCUT2D eigenvalue weighted by molar-refractivity contribution is 0.102.